The second-order valence-corrected chi connectivity index (χ2v) is 5.65. The van der Waals surface area contributed by atoms with Crippen molar-refractivity contribution in [3.05, 3.63) is 15.6 Å². The maximum Gasteiger partial charge on any atom is 0.347 e. The van der Waals surface area contributed by atoms with E-state index >= 15 is 0 Å². The predicted molar refractivity (Wildman–Crippen MR) is 76.0 cm³/mol. The smallest absolute Gasteiger partial charge is 0.347 e. The Morgan fingerprint density at radius 1 is 1.37 bits per heavy atom. The summed E-state index contributed by atoms with van der Waals surface area (Å²) in [7, 11) is 1.93. The topological polar surface area (TPSA) is 73.7 Å². The van der Waals surface area contributed by atoms with Crippen LogP contribution in [0.3, 0.4) is 0 Å². The average Bonchev–Trinajstić information content (AvgIpc) is 2.78. The number of carboxylic acid groups (broad SMARTS) is 1. The van der Waals surface area contributed by atoms with Gasteiger partial charge in [-0.15, -0.1) is 11.3 Å². The van der Waals surface area contributed by atoms with Gasteiger partial charge in [0, 0.05) is 19.5 Å². The van der Waals surface area contributed by atoms with Gasteiger partial charge in [-0.1, -0.05) is 13.3 Å². The van der Waals surface area contributed by atoms with Crippen LogP contribution >= 0.6 is 11.3 Å². The van der Waals surface area contributed by atoms with Crippen LogP contribution in [0.1, 0.15) is 40.1 Å². The molecule has 0 saturated carbocycles. The summed E-state index contributed by atoms with van der Waals surface area (Å²) in [5, 5.41) is 18.9. The Hall–Kier alpha value is -0.980. The van der Waals surface area contributed by atoms with E-state index in [2.05, 4.69) is 11.9 Å². The summed E-state index contributed by atoms with van der Waals surface area (Å²) in [5.41, 5.74) is 0.721. The van der Waals surface area contributed by atoms with Crippen molar-refractivity contribution < 1.29 is 15.0 Å². The van der Waals surface area contributed by atoms with E-state index < -0.39 is 5.97 Å². The molecular weight excluding hydrogens is 264 g/mol. The third kappa shape index (κ3) is 5.26. The summed E-state index contributed by atoms with van der Waals surface area (Å²) < 4.78 is 0. The summed E-state index contributed by atoms with van der Waals surface area (Å²) in [6.45, 7) is 3.62. The van der Waals surface area contributed by atoms with Gasteiger partial charge in [0.25, 0.3) is 0 Å². The third-order valence-corrected chi connectivity index (χ3v) is 4.04. The van der Waals surface area contributed by atoms with Gasteiger partial charge >= 0.3 is 5.97 Å². The monoisotopic (exact) mass is 286 g/mol. The molecule has 0 aliphatic rings. The Bertz CT molecular complexity index is 407. The van der Waals surface area contributed by atoms with Crippen LogP contribution in [-0.4, -0.2) is 52.8 Å². The number of aromatic nitrogens is 1. The normalized spacial score (nSPS) is 11.2. The molecule has 5 nitrogen and oxygen atoms in total. The molecule has 6 heteroatoms. The van der Waals surface area contributed by atoms with E-state index in [-0.39, 0.29) is 6.61 Å². The molecule has 0 unspecified atom stereocenters. The van der Waals surface area contributed by atoms with E-state index in [1.165, 1.54) is 11.3 Å². The molecule has 2 N–H and O–H groups in total. The lowest BCUT2D eigenvalue weighted by Gasteiger charge is -2.13. The van der Waals surface area contributed by atoms with Crippen molar-refractivity contribution in [2.24, 2.45) is 0 Å². The standard InChI is InChI=1S/C13H22N2O3S/c1-3-4-5-10-12(13(17)18)19-11(14-10)6-7-15(2)8-9-16/h16H,3-9H2,1-2H3,(H,17,18). The van der Waals surface area contributed by atoms with Gasteiger partial charge in [0.1, 0.15) is 4.88 Å². The van der Waals surface area contributed by atoms with Crippen LogP contribution in [0.15, 0.2) is 0 Å². The number of rotatable bonds is 9. The number of thiazole rings is 1. The Morgan fingerprint density at radius 2 is 2.11 bits per heavy atom. The number of hydrogen-bond acceptors (Lipinski definition) is 5. The summed E-state index contributed by atoms with van der Waals surface area (Å²) in [5.74, 6) is -0.876. The fourth-order valence-electron chi connectivity index (χ4n) is 1.76. The van der Waals surface area contributed by atoms with Crippen LogP contribution in [0.25, 0.3) is 0 Å². The molecule has 1 aromatic rings. The van der Waals surface area contributed by atoms with Gasteiger partial charge in [0.05, 0.1) is 17.3 Å². The molecule has 0 aliphatic heterocycles. The SMILES string of the molecule is CCCCc1nc(CCN(C)CCO)sc1C(=O)O. The highest BCUT2D eigenvalue weighted by Gasteiger charge is 2.16. The quantitative estimate of drug-likeness (QED) is 0.722. The minimum Gasteiger partial charge on any atom is -0.477 e. The Kier molecular flexibility index (Phi) is 6.97. The van der Waals surface area contributed by atoms with Gasteiger partial charge in [-0.3, -0.25) is 0 Å². The second kappa shape index (κ2) is 8.24. The molecule has 1 heterocycles. The number of aromatic carboxylic acids is 1. The first-order valence-corrected chi connectivity index (χ1v) is 7.41. The molecule has 0 atom stereocenters. The van der Waals surface area contributed by atoms with E-state index in [0.29, 0.717) is 11.4 Å². The number of aryl methyl sites for hydroxylation is 1. The first-order valence-electron chi connectivity index (χ1n) is 6.59. The number of aliphatic hydroxyl groups excluding tert-OH is 1. The molecule has 0 amide bonds. The molecule has 19 heavy (non-hydrogen) atoms. The minimum atomic E-state index is -0.876. The molecule has 0 bridgehead atoms. The maximum atomic E-state index is 11.2. The highest BCUT2D eigenvalue weighted by Crippen LogP contribution is 2.21. The number of carbonyl (C=O) groups is 1. The first-order chi connectivity index (χ1) is 9.08. The molecule has 0 saturated heterocycles. The number of carboxylic acids is 1. The Balaban J connectivity index is 2.66. The van der Waals surface area contributed by atoms with Crippen molar-refractivity contribution >= 4 is 17.3 Å². The van der Waals surface area contributed by atoms with Crippen LogP contribution in [-0.2, 0) is 12.8 Å². The van der Waals surface area contributed by atoms with Crippen LogP contribution < -0.4 is 0 Å². The summed E-state index contributed by atoms with van der Waals surface area (Å²) >= 11 is 1.28. The molecule has 0 fully saturated rings. The predicted octanol–water partition coefficient (Wildman–Crippen LogP) is 1.65. The van der Waals surface area contributed by atoms with Crippen LogP contribution in [0.5, 0.6) is 0 Å². The van der Waals surface area contributed by atoms with Crippen molar-refractivity contribution in [1.82, 2.24) is 9.88 Å². The van der Waals surface area contributed by atoms with Gasteiger partial charge in [-0.2, -0.15) is 0 Å². The fraction of sp³-hybridized carbons (Fsp3) is 0.692. The van der Waals surface area contributed by atoms with E-state index in [1.807, 2.05) is 11.9 Å². The van der Waals surface area contributed by atoms with E-state index in [1.54, 1.807) is 0 Å². The molecule has 0 aromatic carbocycles. The zero-order valence-corrected chi connectivity index (χ0v) is 12.4. The summed E-state index contributed by atoms with van der Waals surface area (Å²) in [4.78, 5) is 18.0. The minimum absolute atomic E-state index is 0.135. The maximum absolute atomic E-state index is 11.2. The molecule has 0 spiro atoms. The van der Waals surface area contributed by atoms with Gasteiger partial charge in [-0.05, 0) is 19.9 Å². The van der Waals surface area contributed by atoms with Crippen molar-refractivity contribution in [2.45, 2.75) is 32.6 Å². The van der Waals surface area contributed by atoms with Crippen LogP contribution in [0.2, 0.25) is 0 Å². The van der Waals surface area contributed by atoms with E-state index in [0.717, 1.165) is 42.9 Å². The zero-order valence-electron chi connectivity index (χ0n) is 11.6. The van der Waals surface area contributed by atoms with E-state index in [9.17, 15) is 4.79 Å². The summed E-state index contributed by atoms with van der Waals surface area (Å²) in [6, 6.07) is 0. The van der Waals surface area contributed by atoms with Crippen molar-refractivity contribution in [2.75, 3.05) is 26.7 Å². The summed E-state index contributed by atoms with van der Waals surface area (Å²) in [6.07, 6.45) is 3.47. The highest BCUT2D eigenvalue weighted by molar-refractivity contribution is 7.13. The van der Waals surface area contributed by atoms with E-state index in [4.69, 9.17) is 10.2 Å². The third-order valence-electron chi connectivity index (χ3n) is 2.89. The van der Waals surface area contributed by atoms with Crippen molar-refractivity contribution in [3.8, 4) is 0 Å². The number of likely N-dealkylation sites (N-methyl/N-ethyl adjacent to an activating group) is 1. The lowest BCUT2D eigenvalue weighted by atomic mass is 10.2. The fourth-order valence-corrected chi connectivity index (χ4v) is 2.70. The van der Waals surface area contributed by atoms with Gasteiger partial charge < -0.3 is 15.1 Å². The molecule has 0 aliphatic carbocycles. The first kappa shape index (κ1) is 16.1. The molecule has 1 aromatic heterocycles. The molecule has 0 radical (unpaired) electrons. The zero-order chi connectivity index (χ0) is 14.3. The number of nitrogens with zero attached hydrogens (tertiary/aromatic N) is 2. The Labute approximate surface area is 117 Å². The van der Waals surface area contributed by atoms with Crippen LogP contribution in [0.4, 0.5) is 0 Å². The van der Waals surface area contributed by atoms with Crippen molar-refractivity contribution in [3.63, 3.8) is 0 Å². The molecular formula is C13H22N2O3S. The second-order valence-electron chi connectivity index (χ2n) is 4.57. The van der Waals surface area contributed by atoms with Crippen LogP contribution in [0, 0.1) is 0 Å². The number of unbranched alkanes of at least 4 members (excludes halogenated alkanes) is 1. The largest absolute Gasteiger partial charge is 0.477 e. The number of aliphatic hydroxyl groups is 1. The van der Waals surface area contributed by atoms with Gasteiger partial charge in [0.2, 0.25) is 0 Å². The highest BCUT2D eigenvalue weighted by atomic mass is 32.1. The van der Waals surface area contributed by atoms with Gasteiger partial charge in [-0.25, -0.2) is 9.78 Å². The lowest BCUT2D eigenvalue weighted by Crippen LogP contribution is -2.24. The average molecular weight is 286 g/mol. The van der Waals surface area contributed by atoms with Gasteiger partial charge in [0.15, 0.2) is 0 Å². The Morgan fingerprint density at radius 3 is 2.68 bits per heavy atom. The van der Waals surface area contributed by atoms with Crippen molar-refractivity contribution in [1.29, 1.82) is 0 Å². The number of hydrogen-bond donors (Lipinski definition) is 2. The molecule has 108 valence electrons. The molecule has 1 rings (SSSR count). The lowest BCUT2D eigenvalue weighted by molar-refractivity contribution is 0.0700.